The van der Waals surface area contributed by atoms with Gasteiger partial charge in [0.1, 0.15) is 5.50 Å². The van der Waals surface area contributed by atoms with E-state index in [0.717, 1.165) is 21.9 Å². The maximum atomic E-state index is 6.38. The minimum absolute atomic E-state index is 0.149. The predicted octanol–water partition coefficient (Wildman–Crippen LogP) is 4.57. The SMILES string of the molecule is CC1=C(c2ccc(Cl)cc2Cl)N(Cc2ccccn2)C(N)S1. The van der Waals surface area contributed by atoms with E-state index in [1.165, 1.54) is 0 Å². The molecule has 6 heteroatoms. The van der Waals surface area contributed by atoms with Crippen LogP contribution in [0.5, 0.6) is 0 Å². The normalized spacial score (nSPS) is 18.2. The number of pyridine rings is 1. The lowest BCUT2D eigenvalue weighted by molar-refractivity contribution is 0.375. The third kappa shape index (κ3) is 3.10. The molecule has 1 aliphatic heterocycles. The van der Waals surface area contributed by atoms with Crippen LogP contribution < -0.4 is 5.73 Å². The molecule has 22 heavy (non-hydrogen) atoms. The largest absolute Gasteiger partial charge is 0.340 e. The van der Waals surface area contributed by atoms with Crippen molar-refractivity contribution in [3.63, 3.8) is 0 Å². The van der Waals surface area contributed by atoms with Gasteiger partial charge < -0.3 is 10.6 Å². The number of allylic oxidation sites excluding steroid dienone is 1. The minimum Gasteiger partial charge on any atom is -0.340 e. The van der Waals surface area contributed by atoms with Gasteiger partial charge in [0, 0.05) is 21.7 Å². The number of benzene rings is 1. The Kier molecular flexibility index (Phi) is 4.64. The predicted molar refractivity (Wildman–Crippen MR) is 94.4 cm³/mol. The van der Waals surface area contributed by atoms with Crippen molar-refractivity contribution in [2.24, 2.45) is 5.73 Å². The topological polar surface area (TPSA) is 42.2 Å². The molecule has 3 rings (SSSR count). The van der Waals surface area contributed by atoms with Crippen LogP contribution >= 0.6 is 35.0 Å². The van der Waals surface area contributed by atoms with Gasteiger partial charge in [-0.25, -0.2) is 0 Å². The Morgan fingerprint density at radius 2 is 2.09 bits per heavy atom. The Morgan fingerprint density at radius 3 is 2.77 bits per heavy atom. The van der Waals surface area contributed by atoms with Gasteiger partial charge in [0.2, 0.25) is 0 Å². The number of nitrogens with two attached hydrogens (primary N) is 1. The molecule has 2 N–H and O–H groups in total. The molecule has 0 saturated carbocycles. The first-order valence-electron chi connectivity index (χ1n) is 6.81. The first-order chi connectivity index (χ1) is 10.6. The fraction of sp³-hybridized carbons (Fsp3) is 0.188. The van der Waals surface area contributed by atoms with Crippen LogP contribution in [0.2, 0.25) is 10.0 Å². The molecule has 0 spiro atoms. The molecule has 0 fully saturated rings. The molecule has 114 valence electrons. The van der Waals surface area contributed by atoms with Crippen LogP contribution in [0, 0.1) is 0 Å². The second kappa shape index (κ2) is 6.50. The van der Waals surface area contributed by atoms with Gasteiger partial charge in [0.15, 0.2) is 0 Å². The summed E-state index contributed by atoms with van der Waals surface area (Å²) >= 11 is 14.0. The van der Waals surface area contributed by atoms with E-state index in [4.69, 9.17) is 28.9 Å². The minimum atomic E-state index is -0.149. The quantitative estimate of drug-likeness (QED) is 0.879. The van der Waals surface area contributed by atoms with Gasteiger partial charge in [0.05, 0.1) is 23.0 Å². The first kappa shape index (κ1) is 15.7. The zero-order valence-electron chi connectivity index (χ0n) is 12.0. The van der Waals surface area contributed by atoms with Gasteiger partial charge in [0.25, 0.3) is 0 Å². The molecule has 3 nitrogen and oxygen atoms in total. The monoisotopic (exact) mass is 351 g/mol. The molecule has 1 aromatic heterocycles. The van der Waals surface area contributed by atoms with Gasteiger partial charge in [-0.2, -0.15) is 0 Å². The molecular weight excluding hydrogens is 337 g/mol. The number of rotatable bonds is 3. The molecule has 0 saturated heterocycles. The zero-order valence-corrected chi connectivity index (χ0v) is 14.3. The van der Waals surface area contributed by atoms with E-state index in [1.807, 2.05) is 30.3 Å². The van der Waals surface area contributed by atoms with Crippen molar-refractivity contribution in [2.75, 3.05) is 0 Å². The maximum Gasteiger partial charge on any atom is 0.130 e. The second-order valence-corrected chi connectivity index (χ2v) is 7.16. The molecule has 0 amide bonds. The lowest BCUT2D eigenvalue weighted by atomic mass is 10.1. The van der Waals surface area contributed by atoms with Crippen molar-refractivity contribution in [3.05, 3.63) is 68.8 Å². The number of aromatic nitrogens is 1. The number of thioether (sulfide) groups is 1. The molecule has 2 aromatic rings. The molecule has 1 aliphatic rings. The Bertz CT molecular complexity index is 719. The smallest absolute Gasteiger partial charge is 0.130 e. The Balaban J connectivity index is 1.98. The molecular formula is C16H15Cl2N3S. The average molecular weight is 352 g/mol. The molecule has 2 heterocycles. The highest BCUT2D eigenvalue weighted by atomic mass is 35.5. The van der Waals surface area contributed by atoms with Crippen LogP contribution in [0.1, 0.15) is 18.2 Å². The molecule has 1 atom stereocenters. The van der Waals surface area contributed by atoms with Gasteiger partial charge in [-0.1, -0.05) is 41.0 Å². The summed E-state index contributed by atoms with van der Waals surface area (Å²) in [6.45, 7) is 2.70. The third-order valence-electron chi connectivity index (χ3n) is 3.47. The van der Waals surface area contributed by atoms with Crippen LogP contribution in [-0.4, -0.2) is 15.4 Å². The van der Waals surface area contributed by atoms with Crippen LogP contribution in [0.3, 0.4) is 0 Å². The molecule has 0 radical (unpaired) electrons. The average Bonchev–Trinajstić information content (AvgIpc) is 2.75. The van der Waals surface area contributed by atoms with Crippen molar-refractivity contribution >= 4 is 40.7 Å². The maximum absolute atomic E-state index is 6.38. The summed E-state index contributed by atoms with van der Waals surface area (Å²) in [4.78, 5) is 7.65. The lowest BCUT2D eigenvalue weighted by Crippen LogP contribution is -2.34. The van der Waals surface area contributed by atoms with Crippen molar-refractivity contribution in [2.45, 2.75) is 19.0 Å². The van der Waals surface area contributed by atoms with Crippen molar-refractivity contribution in [1.29, 1.82) is 0 Å². The Hall–Kier alpha value is -1.20. The summed E-state index contributed by atoms with van der Waals surface area (Å²) in [6.07, 6.45) is 1.79. The van der Waals surface area contributed by atoms with Crippen LogP contribution in [-0.2, 0) is 6.54 Å². The van der Waals surface area contributed by atoms with Gasteiger partial charge in [-0.3, -0.25) is 4.98 Å². The van der Waals surface area contributed by atoms with Crippen molar-refractivity contribution < 1.29 is 0 Å². The van der Waals surface area contributed by atoms with E-state index in [0.29, 0.717) is 16.6 Å². The van der Waals surface area contributed by atoms with E-state index < -0.39 is 0 Å². The molecule has 1 unspecified atom stereocenters. The highest BCUT2D eigenvalue weighted by Crippen LogP contribution is 2.43. The Morgan fingerprint density at radius 1 is 1.27 bits per heavy atom. The van der Waals surface area contributed by atoms with Crippen molar-refractivity contribution in [3.8, 4) is 0 Å². The highest BCUT2D eigenvalue weighted by molar-refractivity contribution is 8.04. The zero-order chi connectivity index (χ0) is 15.7. The summed E-state index contributed by atoms with van der Waals surface area (Å²) in [5.74, 6) is 0. The summed E-state index contributed by atoms with van der Waals surface area (Å²) in [7, 11) is 0. The first-order valence-corrected chi connectivity index (χ1v) is 8.45. The molecule has 1 aromatic carbocycles. The second-order valence-electron chi connectivity index (χ2n) is 4.99. The Labute approximate surface area is 144 Å². The fourth-order valence-electron chi connectivity index (χ4n) is 2.49. The van der Waals surface area contributed by atoms with Crippen LogP contribution in [0.15, 0.2) is 47.5 Å². The number of nitrogens with zero attached hydrogens (tertiary/aromatic N) is 2. The lowest BCUT2D eigenvalue weighted by Gasteiger charge is -2.26. The van der Waals surface area contributed by atoms with Crippen molar-refractivity contribution in [1.82, 2.24) is 9.88 Å². The van der Waals surface area contributed by atoms with Crippen LogP contribution in [0.4, 0.5) is 0 Å². The molecule has 0 bridgehead atoms. The standard InChI is InChI=1S/C16H15Cl2N3S/c1-10-15(13-6-5-11(17)8-14(13)18)21(16(19)22-10)9-12-4-2-3-7-20-12/h2-8,16H,9,19H2,1H3. The molecule has 0 aliphatic carbocycles. The van der Waals surface area contributed by atoms with E-state index in [9.17, 15) is 0 Å². The third-order valence-corrected chi connectivity index (χ3v) is 5.06. The highest BCUT2D eigenvalue weighted by Gasteiger charge is 2.30. The number of hydrogen-bond donors (Lipinski definition) is 1. The van der Waals surface area contributed by atoms with Gasteiger partial charge >= 0.3 is 0 Å². The van der Waals surface area contributed by atoms with Gasteiger partial charge in [-0.05, 0) is 37.3 Å². The van der Waals surface area contributed by atoms with Gasteiger partial charge in [-0.15, -0.1) is 0 Å². The van der Waals surface area contributed by atoms with E-state index in [1.54, 1.807) is 24.0 Å². The fourth-order valence-corrected chi connectivity index (χ4v) is 4.00. The van der Waals surface area contributed by atoms with E-state index >= 15 is 0 Å². The van der Waals surface area contributed by atoms with Crippen LogP contribution in [0.25, 0.3) is 5.70 Å². The summed E-state index contributed by atoms with van der Waals surface area (Å²) in [5, 5.41) is 1.25. The van der Waals surface area contributed by atoms with E-state index in [2.05, 4.69) is 16.8 Å². The summed E-state index contributed by atoms with van der Waals surface area (Å²) in [5.41, 5.74) is 9.08. The number of halogens is 2. The number of hydrogen-bond acceptors (Lipinski definition) is 4. The summed E-state index contributed by atoms with van der Waals surface area (Å²) in [6, 6.07) is 11.4. The summed E-state index contributed by atoms with van der Waals surface area (Å²) < 4.78 is 0. The van der Waals surface area contributed by atoms with E-state index in [-0.39, 0.29) is 5.50 Å².